The van der Waals surface area contributed by atoms with Gasteiger partial charge in [-0.25, -0.2) is 4.79 Å². The van der Waals surface area contributed by atoms with Crippen LogP contribution in [-0.2, 0) is 16.1 Å². The molecule has 0 fully saturated rings. The SMILES string of the molecule is COC(=O)C(NC(=O)c1ccc(CN)o1)C(C)C. The fourth-order valence-corrected chi connectivity index (χ4v) is 1.45. The third-order valence-corrected chi connectivity index (χ3v) is 2.50. The summed E-state index contributed by atoms with van der Waals surface area (Å²) in [5, 5.41) is 2.57. The minimum absolute atomic E-state index is 0.0784. The predicted octanol–water partition coefficient (Wildman–Crippen LogP) is 0.666. The zero-order chi connectivity index (χ0) is 13.7. The standard InChI is InChI=1S/C12H18N2O4/c1-7(2)10(12(16)17-3)14-11(15)9-5-4-8(6-13)18-9/h4-5,7,10H,6,13H2,1-3H3,(H,14,15). The zero-order valence-electron chi connectivity index (χ0n) is 10.7. The van der Waals surface area contributed by atoms with E-state index >= 15 is 0 Å². The fraction of sp³-hybridized carbons (Fsp3) is 0.500. The summed E-state index contributed by atoms with van der Waals surface area (Å²) in [6.45, 7) is 3.85. The summed E-state index contributed by atoms with van der Waals surface area (Å²) in [6, 6.07) is 2.44. The van der Waals surface area contributed by atoms with Gasteiger partial charge in [-0.2, -0.15) is 0 Å². The molecule has 18 heavy (non-hydrogen) atoms. The van der Waals surface area contributed by atoms with Gasteiger partial charge in [-0.3, -0.25) is 4.79 Å². The van der Waals surface area contributed by atoms with Crippen LogP contribution in [0.2, 0.25) is 0 Å². The molecule has 0 spiro atoms. The molecule has 100 valence electrons. The number of nitrogens with one attached hydrogen (secondary N) is 1. The van der Waals surface area contributed by atoms with E-state index in [0.717, 1.165) is 0 Å². The van der Waals surface area contributed by atoms with Crippen LogP contribution in [0.25, 0.3) is 0 Å². The summed E-state index contributed by atoms with van der Waals surface area (Å²) in [5.74, 6) is -0.377. The highest BCUT2D eigenvalue weighted by atomic mass is 16.5. The van der Waals surface area contributed by atoms with Crippen LogP contribution in [0, 0.1) is 5.92 Å². The second-order valence-corrected chi connectivity index (χ2v) is 4.19. The Kier molecular flexibility index (Phi) is 4.91. The van der Waals surface area contributed by atoms with Crippen molar-refractivity contribution in [2.75, 3.05) is 7.11 Å². The molecule has 0 radical (unpaired) electrons. The molecule has 1 aromatic rings. The van der Waals surface area contributed by atoms with E-state index in [9.17, 15) is 9.59 Å². The van der Waals surface area contributed by atoms with Crippen molar-refractivity contribution in [1.29, 1.82) is 0 Å². The Morgan fingerprint density at radius 2 is 2.11 bits per heavy atom. The normalized spacial score (nSPS) is 12.3. The molecule has 0 saturated heterocycles. The number of methoxy groups -OCH3 is 1. The van der Waals surface area contributed by atoms with Crippen molar-refractivity contribution >= 4 is 11.9 Å². The smallest absolute Gasteiger partial charge is 0.328 e. The molecule has 1 heterocycles. The maximum absolute atomic E-state index is 11.9. The van der Waals surface area contributed by atoms with Crippen LogP contribution in [0.15, 0.2) is 16.5 Å². The summed E-state index contributed by atoms with van der Waals surface area (Å²) in [7, 11) is 1.28. The van der Waals surface area contributed by atoms with Crippen LogP contribution in [0.3, 0.4) is 0 Å². The molecule has 0 aromatic carbocycles. The van der Waals surface area contributed by atoms with Gasteiger partial charge in [0, 0.05) is 0 Å². The van der Waals surface area contributed by atoms with E-state index in [1.807, 2.05) is 13.8 Å². The summed E-state index contributed by atoms with van der Waals surface area (Å²) < 4.78 is 9.83. The molecule has 0 aliphatic carbocycles. The van der Waals surface area contributed by atoms with Crippen molar-refractivity contribution in [3.63, 3.8) is 0 Å². The number of furan rings is 1. The first-order chi connectivity index (χ1) is 8.49. The molecule has 1 aromatic heterocycles. The highest BCUT2D eigenvalue weighted by molar-refractivity contribution is 5.94. The molecular weight excluding hydrogens is 236 g/mol. The second kappa shape index (κ2) is 6.20. The van der Waals surface area contributed by atoms with Gasteiger partial charge in [-0.05, 0) is 18.1 Å². The van der Waals surface area contributed by atoms with Crippen LogP contribution in [0.1, 0.15) is 30.2 Å². The molecule has 6 nitrogen and oxygen atoms in total. The zero-order valence-corrected chi connectivity index (χ0v) is 10.7. The Balaban J connectivity index is 2.75. The summed E-state index contributed by atoms with van der Waals surface area (Å²) >= 11 is 0. The first kappa shape index (κ1) is 14.2. The van der Waals surface area contributed by atoms with Crippen molar-refractivity contribution in [1.82, 2.24) is 5.32 Å². The van der Waals surface area contributed by atoms with E-state index in [1.165, 1.54) is 13.2 Å². The van der Waals surface area contributed by atoms with Gasteiger partial charge >= 0.3 is 5.97 Å². The number of rotatable bonds is 5. The lowest BCUT2D eigenvalue weighted by Gasteiger charge is -2.18. The fourth-order valence-electron chi connectivity index (χ4n) is 1.45. The molecule has 0 aliphatic rings. The molecule has 1 amide bonds. The summed E-state index contributed by atoms with van der Waals surface area (Å²) in [6.07, 6.45) is 0. The molecule has 6 heteroatoms. The molecule has 1 rings (SSSR count). The minimum Gasteiger partial charge on any atom is -0.467 e. The lowest BCUT2D eigenvalue weighted by atomic mass is 10.0. The lowest BCUT2D eigenvalue weighted by molar-refractivity contribution is -0.144. The first-order valence-corrected chi connectivity index (χ1v) is 5.67. The summed E-state index contributed by atoms with van der Waals surface area (Å²) in [4.78, 5) is 23.3. The Morgan fingerprint density at radius 1 is 1.44 bits per heavy atom. The number of esters is 1. The van der Waals surface area contributed by atoms with Gasteiger partial charge in [0.05, 0.1) is 13.7 Å². The highest BCUT2D eigenvalue weighted by Crippen LogP contribution is 2.09. The van der Waals surface area contributed by atoms with E-state index in [1.54, 1.807) is 6.07 Å². The third-order valence-electron chi connectivity index (χ3n) is 2.50. The number of nitrogens with two attached hydrogens (primary N) is 1. The topological polar surface area (TPSA) is 94.6 Å². The van der Waals surface area contributed by atoms with Crippen molar-refractivity contribution in [2.45, 2.75) is 26.4 Å². The van der Waals surface area contributed by atoms with Gasteiger partial charge in [-0.15, -0.1) is 0 Å². The van der Waals surface area contributed by atoms with E-state index in [2.05, 4.69) is 10.1 Å². The minimum atomic E-state index is -0.700. The number of carbonyl (C=O) groups excluding carboxylic acids is 2. The Morgan fingerprint density at radius 3 is 2.56 bits per heavy atom. The number of amides is 1. The number of hydrogen-bond donors (Lipinski definition) is 2. The van der Waals surface area contributed by atoms with Gasteiger partial charge in [-0.1, -0.05) is 13.8 Å². The van der Waals surface area contributed by atoms with E-state index in [-0.39, 0.29) is 18.2 Å². The van der Waals surface area contributed by atoms with Crippen LogP contribution in [0.5, 0.6) is 0 Å². The monoisotopic (exact) mass is 254 g/mol. The van der Waals surface area contributed by atoms with Crippen molar-refractivity contribution < 1.29 is 18.7 Å². The molecule has 3 N–H and O–H groups in total. The van der Waals surface area contributed by atoms with Crippen molar-refractivity contribution in [3.05, 3.63) is 23.7 Å². The van der Waals surface area contributed by atoms with Gasteiger partial charge in [0.25, 0.3) is 5.91 Å². The Labute approximate surface area is 105 Å². The Bertz CT molecular complexity index is 425. The third kappa shape index (κ3) is 3.33. The average molecular weight is 254 g/mol. The molecule has 1 atom stereocenters. The van der Waals surface area contributed by atoms with Gasteiger partial charge in [0.1, 0.15) is 11.8 Å². The van der Waals surface area contributed by atoms with Crippen LogP contribution in [0.4, 0.5) is 0 Å². The van der Waals surface area contributed by atoms with Gasteiger partial charge in [0.15, 0.2) is 5.76 Å². The van der Waals surface area contributed by atoms with Crippen molar-refractivity contribution in [2.24, 2.45) is 11.7 Å². The number of carbonyl (C=O) groups is 2. The number of hydrogen-bond acceptors (Lipinski definition) is 5. The molecule has 0 bridgehead atoms. The summed E-state index contributed by atoms with van der Waals surface area (Å²) in [5.41, 5.74) is 5.38. The maximum atomic E-state index is 11.9. The molecule has 1 unspecified atom stereocenters. The van der Waals surface area contributed by atoms with E-state index in [4.69, 9.17) is 10.2 Å². The highest BCUT2D eigenvalue weighted by Gasteiger charge is 2.26. The second-order valence-electron chi connectivity index (χ2n) is 4.19. The van der Waals surface area contributed by atoms with Crippen LogP contribution >= 0.6 is 0 Å². The predicted molar refractivity (Wildman–Crippen MR) is 64.7 cm³/mol. The quantitative estimate of drug-likeness (QED) is 0.753. The number of ether oxygens (including phenoxy) is 1. The first-order valence-electron chi connectivity index (χ1n) is 5.67. The average Bonchev–Trinajstić information content (AvgIpc) is 2.83. The molecule has 0 saturated carbocycles. The van der Waals surface area contributed by atoms with Gasteiger partial charge < -0.3 is 20.2 Å². The van der Waals surface area contributed by atoms with Crippen LogP contribution in [-0.4, -0.2) is 25.0 Å². The Hall–Kier alpha value is -1.82. The molecule has 0 aliphatic heterocycles. The van der Waals surface area contributed by atoms with E-state index < -0.39 is 17.9 Å². The van der Waals surface area contributed by atoms with Crippen molar-refractivity contribution in [3.8, 4) is 0 Å². The maximum Gasteiger partial charge on any atom is 0.328 e. The lowest BCUT2D eigenvalue weighted by Crippen LogP contribution is -2.44. The largest absolute Gasteiger partial charge is 0.467 e. The van der Waals surface area contributed by atoms with E-state index in [0.29, 0.717) is 5.76 Å². The van der Waals surface area contributed by atoms with Crippen LogP contribution < -0.4 is 11.1 Å². The molecular formula is C12H18N2O4. The van der Waals surface area contributed by atoms with Gasteiger partial charge in [0.2, 0.25) is 0 Å².